The largest absolute Gasteiger partial charge is 0.311 e. The number of nitrogens with one attached hydrogen (secondary N) is 1. The van der Waals surface area contributed by atoms with Gasteiger partial charge in [-0.3, -0.25) is 4.90 Å². The van der Waals surface area contributed by atoms with Gasteiger partial charge >= 0.3 is 0 Å². The second-order valence-electron chi connectivity index (χ2n) is 5.36. The summed E-state index contributed by atoms with van der Waals surface area (Å²) in [5.41, 5.74) is 1.55. The summed E-state index contributed by atoms with van der Waals surface area (Å²) in [6, 6.07) is 11.5. The maximum atomic E-state index is 3.63. The highest BCUT2D eigenvalue weighted by molar-refractivity contribution is 7.98. The Morgan fingerprint density at radius 1 is 1.39 bits per heavy atom. The molecule has 0 saturated carbocycles. The van der Waals surface area contributed by atoms with E-state index in [1.54, 1.807) is 0 Å². The van der Waals surface area contributed by atoms with Gasteiger partial charge in [-0.2, -0.15) is 11.8 Å². The standard InChI is InChI=1S/C15H24N2S/c1-13-11-17(9-10-18-3)15(2,12-16-13)14-7-5-4-6-8-14/h4-8,13,16H,9-12H2,1-3H3. The molecule has 1 heterocycles. The molecule has 0 spiro atoms. The van der Waals surface area contributed by atoms with E-state index < -0.39 is 0 Å². The number of rotatable bonds is 4. The second-order valence-corrected chi connectivity index (χ2v) is 6.35. The van der Waals surface area contributed by atoms with Gasteiger partial charge in [-0.05, 0) is 25.7 Å². The van der Waals surface area contributed by atoms with Crippen LogP contribution in [0.4, 0.5) is 0 Å². The van der Waals surface area contributed by atoms with Crippen molar-refractivity contribution in [3.63, 3.8) is 0 Å². The fraction of sp³-hybridized carbons (Fsp3) is 0.600. The van der Waals surface area contributed by atoms with Crippen molar-refractivity contribution in [3.05, 3.63) is 35.9 Å². The number of thioether (sulfide) groups is 1. The average molecular weight is 264 g/mol. The highest BCUT2D eigenvalue weighted by Gasteiger charge is 2.37. The Hall–Kier alpha value is -0.510. The van der Waals surface area contributed by atoms with Gasteiger partial charge in [0.1, 0.15) is 0 Å². The van der Waals surface area contributed by atoms with Gasteiger partial charge in [-0.25, -0.2) is 0 Å². The van der Waals surface area contributed by atoms with Gasteiger partial charge < -0.3 is 5.32 Å². The van der Waals surface area contributed by atoms with Crippen LogP contribution in [0, 0.1) is 0 Å². The van der Waals surface area contributed by atoms with Crippen LogP contribution < -0.4 is 5.32 Å². The van der Waals surface area contributed by atoms with E-state index in [9.17, 15) is 0 Å². The highest BCUT2D eigenvalue weighted by Crippen LogP contribution is 2.30. The summed E-state index contributed by atoms with van der Waals surface area (Å²) >= 11 is 1.93. The first-order valence-electron chi connectivity index (χ1n) is 6.70. The van der Waals surface area contributed by atoms with Crippen molar-refractivity contribution in [1.29, 1.82) is 0 Å². The fourth-order valence-electron chi connectivity index (χ4n) is 2.70. The molecule has 2 unspecified atom stereocenters. The van der Waals surface area contributed by atoms with E-state index in [0.717, 1.165) is 13.1 Å². The van der Waals surface area contributed by atoms with Crippen LogP contribution in [0.5, 0.6) is 0 Å². The normalized spacial score (nSPS) is 29.4. The molecule has 2 atom stereocenters. The minimum absolute atomic E-state index is 0.128. The summed E-state index contributed by atoms with van der Waals surface area (Å²) in [7, 11) is 0. The molecule has 1 saturated heterocycles. The zero-order valence-electron chi connectivity index (χ0n) is 11.6. The molecule has 100 valence electrons. The third-order valence-corrected chi connectivity index (χ3v) is 4.54. The maximum Gasteiger partial charge on any atom is 0.0558 e. The summed E-state index contributed by atoms with van der Waals surface area (Å²) in [5.74, 6) is 1.20. The molecule has 1 N–H and O–H groups in total. The number of benzene rings is 1. The number of hydrogen-bond acceptors (Lipinski definition) is 3. The molecule has 1 aliphatic heterocycles. The monoisotopic (exact) mass is 264 g/mol. The smallest absolute Gasteiger partial charge is 0.0558 e. The Morgan fingerprint density at radius 2 is 2.11 bits per heavy atom. The van der Waals surface area contributed by atoms with E-state index in [2.05, 4.69) is 60.7 Å². The van der Waals surface area contributed by atoms with E-state index >= 15 is 0 Å². The molecular formula is C15H24N2S. The lowest BCUT2D eigenvalue weighted by Crippen LogP contribution is -2.61. The van der Waals surface area contributed by atoms with E-state index in [4.69, 9.17) is 0 Å². The summed E-state index contributed by atoms with van der Waals surface area (Å²) in [6.07, 6.45) is 2.19. The minimum Gasteiger partial charge on any atom is -0.311 e. The van der Waals surface area contributed by atoms with Crippen molar-refractivity contribution in [2.75, 3.05) is 31.6 Å². The molecule has 0 aliphatic carbocycles. The molecule has 0 radical (unpaired) electrons. The summed E-state index contributed by atoms with van der Waals surface area (Å²) < 4.78 is 0. The topological polar surface area (TPSA) is 15.3 Å². The van der Waals surface area contributed by atoms with Crippen molar-refractivity contribution in [2.45, 2.75) is 25.4 Å². The van der Waals surface area contributed by atoms with Gasteiger partial charge in [-0.1, -0.05) is 30.3 Å². The second kappa shape index (κ2) is 6.09. The summed E-state index contributed by atoms with van der Waals surface area (Å²) in [5, 5.41) is 3.63. The third-order valence-electron chi connectivity index (χ3n) is 3.95. The first-order chi connectivity index (χ1) is 8.66. The molecule has 0 bridgehead atoms. The first-order valence-corrected chi connectivity index (χ1v) is 8.09. The van der Waals surface area contributed by atoms with E-state index in [-0.39, 0.29) is 5.54 Å². The molecule has 1 fully saturated rings. The molecule has 3 heteroatoms. The molecule has 1 aliphatic rings. The molecule has 2 rings (SSSR count). The molecule has 1 aromatic rings. The van der Waals surface area contributed by atoms with E-state index in [1.807, 2.05) is 11.8 Å². The van der Waals surface area contributed by atoms with Crippen LogP contribution in [-0.2, 0) is 5.54 Å². The van der Waals surface area contributed by atoms with Crippen LogP contribution in [-0.4, -0.2) is 42.6 Å². The molecular weight excluding hydrogens is 240 g/mol. The Morgan fingerprint density at radius 3 is 2.78 bits per heavy atom. The lowest BCUT2D eigenvalue weighted by Gasteiger charge is -2.48. The van der Waals surface area contributed by atoms with Crippen LogP contribution in [0.2, 0.25) is 0 Å². The van der Waals surface area contributed by atoms with Crippen LogP contribution in [0.1, 0.15) is 19.4 Å². The lowest BCUT2D eigenvalue weighted by atomic mass is 9.87. The number of hydrogen-bond donors (Lipinski definition) is 1. The zero-order chi connectivity index (χ0) is 13.0. The maximum absolute atomic E-state index is 3.63. The number of piperazine rings is 1. The predicted molar refractivity (Wildman–Crippen MR) is 81.2 cm³/mol. The molecule has 18 heavy (non-hydrogen) atoms. The SMILES string of the molecule is CSCCN1CC(C)NCC1(C)c1ccccc1. The van der Waals surface area contributed by atoms with E-state index in [0.29, 0.717) is 6.04 Å². The summed E-state index contributed by atoms with van der Waals surface area (Å²) in [6.45, 7) is 7.97. The Bertz CT molecular complexity index is 368. The van der Waals surface area contributed by atoms with Gasteiger partial charge in [-0.15, -0.1) is 0 Å². The van der Waals surface area contributed by atoms with Crippen molar-refractivity contribution in [2.24, 2.45) is 0 Å². The molecule has 0 aromatic heterocycles. The summed E-state index contributed by atoms with van der Waals surface area (Å²) in [4.78, 5) is 2.64. The van der Waals surface area contributed by atoms with Gasteiger partial charge in [0.2, 0.25) is 0 Å². The van der Waals surface area contributed by atoms with Gasteiger partial charge in [0.25, 0.3) is 0 Å². The van der Waals surface area contributed by atoms with Gasteiger partial charge in [0, 0.05) is 31.4 Å². The van der Waals surface area contributed by atoms with Gasteiger partial charge in [0.15, 0.2) is 0 Å². The highest BCUT2D eigenvalue weighted by atomic mass is 32.2. The Balaban J connectivity index is 2.21. The zero-order valence-corrected chi connectivity index (χ0v) is 12.5. The quantitative estimate of drug-likeness (QED) is 0.900. The van der Waals surface area contributed by atoms with Crippen LogP contribution in [0.15, 0.2) is 30.3 Å². The van der Waals surface area contributed by atoms with Gasteiger partial charge in [0.05, 0.1) is 5.54 Å². The molecule has 1 aromatic carbocycles. The fourth-order valence-corrected chi connectivity index (χ4v) is 3.11. The number of nitrogens with zero attached hydrogens (tertiary/aromatic N) is 1. The van der Waals surface area contributed by atoms with Crippen molar-refractivity contribution in [1.82, 2.24) is 10.2 Å². The lowest BCUT2D eigenvalue weighted by molar-refractivity contribution is 0.0603. The van der Waals surface area contributed by atoms with E-state index in [1.165, 1.54) is 17.9 Å². The van der Waals surface area contributed by atoms with Crippen LogP contribution in [0.25, 0.3) is 0 Å². The Labute approximate surface area is 115 Å². The van der Waals surface area contributed by atoms with Crippen LogP contribution in [0.3, 0.4) is 0 Å². The minimum atomic E-state index is 0.128. The predicted octanol–water partition coefficient (Wildman–Crippen LogP) is 2.56. The van der Waals surface area contributed by atoms with Crippen molar-refractivity contribution in [3.8, 4) is 0 Å². The Kier molecular flexibility index (Phi) is 4.71. The molecule has 2 nitrogen and oxygen atoms in total. The van der Waals surface area contributed by atoms with Crippen molar-refractivity contribution >= 4 is 11.8 Å². The van der Waals surface area contributed by atoms with Crippen LogP contribution >= 0.6 is 11.8 Å². The first kappa shape index (κ1) is 13.9. The van der Waals surface area contributed by atoms with Crippen molar-refractivity contribution < 1.29 is 0 Å². The average Bonchev–Trinajstić information content (AvgIpc) is 2.41. The molecule has 0 amide bonds. The third kappa shape index (κ3) is 2.90.